The van der Waals surface area contributed by atoms with Gasteiger partial charge in [-0.15, -0.1) is 0 Å². The molecular formula is C25H19Br3N2O3. The monoisotopic (exact) mass is 632 g/mol. The van der Waals surface area contributed by atoms with Crippen LogP contribution in [0.1, 0.15) is 16.7 Å². The molecule has 0 spiro atoms. The van der Waals surface area contributed by atoms with Gasteiger partial charge in [0.25, 0.3) is 5.91 Å². The maximum atomic E-state index is 12.9. The van der Waals surface area contributed by atoms with E-state index in [1.807, 2.05) is 49.4 Å². The molecule has 0 bridgehead atoms. The molecule has 0 aliphatic rings. The number of nitrogens with zero attached hydrogens (tertiary/aromatic N) is 1. The fourth-order valence-electron chi connectivity index (χ4n) is 3.00. The molecule has 0 heterocycles. The molecule has 0 atom stereocenters. The molecule has 3 rings (SSSR count). The summed E-state index contributed by atoms with van der Waals surface area (Å²) in [4.78, 5) is 12.9. The molecule has 0 unspecified atom stereocenters. The number of halogens is 3. The lowest BCUT2D eigenvalue weighted by Crippen LogP contribution is -2.14. The first-order chi connectivity index (χ1) is 15.8. The highest BCUT2D eigenvalue weighted by molar-refractivity contribution is 9.11. The molecule has 8 heteroatoms. The number of methoxy groups -OCH3 is 1. The number of benzene rings is 3. The summed E-state index contributed by atoms with van der Waals surface area (Å²) in [6.45, 7) is 2.24. The van der Waals surface area contributed by atoms with Crippen molar-refractivity contribution in [3.63, 3.8) is 0 Å². The first-order valence-electron chi connectivity index (χ1n) is 9.75. The Morgan fingerprint density at radius 3 is 2.36 bits per heavy atom. The normalized spacial score (nSPS) is 11.0. The Morgan fingerprint density at radius 1 is 1.09 bits per heavy atom. The van der Waals surface area contributed by atoms with Gasteiger partial charge >= 0.3 is 0 Å². The molecule has 0 fully saturated rings. The van der Waals surface area contributed by atoms with Crippen molar-refractivity contribution >= 4 is 65.5 Å². The number of hydrogen-bond donors (Lipinski definition) is 1. The van der Waals surface area contributed by atoms with E-state index in [1.54, 1.807) is 25.3 Å². The molecule has 168 valence electrons. The number of carbonyl (C=O) groups excluding carboxylic acids is 1. The first-order valence-corrected chi connectivity index (χ1v) is 12.1. The summed E-state index contributed by atoms with van der Waals surface area (Å²) in [5.74, 6) is 0.410. The highest BCUT2D eigenvalue weighted by atomic mass is 79.9. The molecule has 3 aromatic carbocycles. The van der Waals surface area contributed by atoms with E-state index in [4.69, 9.17) is 9.47 Å². The van der Waals surface area contributed by atoms with Gasteiger partial charge in [0, 0.05) is 19.0 Å². The predicted molar refractivity (Wildman–Crippen MR) is 140 cm³/mol. The van der Waals surface area contributed by atoms with E-state index in [0.29, 0.717) is 38.3 Å². The van der Waals surface area contributed by atoms with Crippen LogP contribution in [-0.2, 0) is 11.4 Å². The minimum Gasteiger partial charge on any atom is -0.493 e. The van der Waals surface area contributed by atoms with Crippen LogP contribution in [0.5, 0.6) is 11.5 Å². The van der Waals surface area contributed by atoms with E-state index in [9.17, 15) is 10.1 Å². The Bertz CT molecular complexity index is 1230. The topological polar surface area (TPSA) is 71.3 Å². The van der Waals surface area contributed by atoms with Gasteiger partial charge in [0.05, 0.1) is 12.8 Å². The van der Waals surface area contributed by atoms with E-state index in [1.165, 1.54) is 6.08 Å². The van der Waals surface area contributed by atoms with Crippen molar-refractivity contribution in [3.05, 3.63) is 90.3 Å². The van der Waals surface area contributed by atoms with Crippen LogP contribution in [0.25, 0.3) is 6.08 Å². The summed E-state index contributed by atoms with van der Waals surface area (Å²) in [5.41, 5.74) is 3.01. The number of nitriles is 1. The molecule has 0 aromatic heterocycles. The second-order valence-corrected chi connectivity index (χ2v) is 9.65. The largest absolute Gasteiger partial charge is 0.493 e. The molecule has 5 nitrogen and oxygen atoms in total. The minimum atomic E-state index is -0.538. The van der Waals surface area contributed by atoms with Crippen molar-refractivity contribution < 1.29 is 14.3 Å². The second kappa shape index (κ2) is 11.5. The number of rotatable bonds is 7. The van der Waals surface area contributed by atoms with Gasteiger partial charge in [-0.2, -0.15) is 5.26 Å². The standard InChI is InChI=1S/C25H19Br3N2O3/c1-15-10-20(27)23(21(28)11-15)30-25(31)18(13-29)12-17-4-3-5-22(32-2)24(17)33-14-16-6-8-19(26)9-7-16/h3-12H,14H2,1-2H3,(H,30,31)/b18-12+. The summed E-state index contributed by atoms with van der Waals surface area (Å²) in [5, 5.41) is 12.5. The molecule has 0 aliphatic heterocycles. The van der Waals surface area contributed by atoms with E-state index in [2.05, 4.69) is 53.1 Å². The number of nitrogens with one attached hydrogen (secondary N) is 1. The number of ether oxygens (including phenoxy) is 2. The predicted octanol–water partition coefficient (Wildman–Crippen LogP) is 7.42. The fourth-order valence-corrected chi connectivity index (χ4v) is 4.88. The number of anilines is 1. The first kappa shape index (κ1) is 25.0. The lowest BCUT2D eigenvalue weighted by atomic mass is 10.1. The highest BCUT2D eigenvalue weighted by Gasteiger charge is 2.17. The summed E-state index contributed by atoms with van der Waals surface area (Å²) in [6, 6.07) is 18.8. The van der Waals surface area contributed by atoms with Crippen LogP contribution < -0.4 is 14.8 Å². The third-order valence-corrected chi connectivity index (χ3v) is 6.40. The fraction of sp³-hybridized carbons (Fsp3) is 0.120. The van der Waals surface area contributed by atoms with Crippen molar-refractivity contribution in [2.75, 3.05) is 12.4 Å². The van der Waals surface area contributed by atoms with E-state index in [-0.39, 0.29) is 5.57 Å². The van der Waals surface area contributed by atoms with Crippen LogP contribution in [0.2, 0.25) is 0 Å². The summed E-state index contributed by atoms with van der Waals surface area (Å²) in [6.07, 6.45) is 1.49. The SMILES string of the molecule is COc1cccc(/C=C(\C#N)C(=O)Nc2c(Br)cc(C)cc2Br)c1OCc1ccc(Br)cc1. The number of carbonyl (C=O) groups is 1. The molecule has 3 aromatic rings. The molecule has 33 heavy (non-hydrogen) atoms. The molecule has 0 radical (unpaired) electrons. The maximum Gasteiger partial charge on any atom is 0.266 e. The van der Waals surface area contributed by atoms with Gasteiger partial charge in [0.1, 0.15) is 18.2 Å². The van der Waals surface area contributed by atoms with Crippen molar-refractivity contribution in [2.45, 2.75) is 13.5 Å². The average molecular weight is 635 g/mol. The summed E-state index contributed by atoms with van der Waals surface area (Å²) < 4.78 is 13.9. The van der Waals surface area contributed by atoms with Crippen molar-refractivity contribution in [1.82, 2.24) is 0 Å². The van der Waals surface area contributed by atoms with Crippen LogP contribution in [0.3, 0.4) is 0 Å². The second-order valence-electron chi connectivity index (χ2n) is 7.02. The van der Waals surface area contributed by atoms with E-state index >= 15 is 0 Å². The zero-order valence-electron chi connectivity index (χ0n) is 17.8. The van der Waals surface area contributed by atoms with Gasteiger partial charge in [0.2, 0.25) is 0 Å². The Hall–Kier alpha value is -2.60. The van der Waals surface area contributed by atoms with Crippen molar-refractivity contribution in [1.29, 1.82) is 5.26 Å². The Morgan fingerprint density at radius 2 is 1.76 bits per heavy atom. The van der Waals surface area contributed by atoms with Crippen LogP contribution in [0.15, 0.2) is 73.6 Å². The Kier molecular flexibility index (Phi) is 8.73. The van der Waals surface area contributed by atoms with Gasteiger partial charge in [-0.05, 0) is 86.3 Å². The average Bonchev–Trinajstić information content (AvgIpc) is 2.79. The van der Waals surface area contributed by atoms with Gasteiger partial charge in [0.15, 0.2) is 11.5 Å². The number of aryl methyl sites for hydroxylation is 1. The number of amides is 1. The van der Waals surface area contributed by atoms with Gasteiger partial charge in [-0.25, -0.2) is 0 Å². The van der Waals surface area contributed by atoms with E-state index in [0.717, 1.165) is 15.6 Å². The molecule has 1 N–H and O–H groups in total. The minimum absolute atomic E-state index is 0.0730. The molecule has 0 saturated carbocycles. The lowest BCUT2D eigenvalue weighted by molar-refractivity contribution is -0.112. The number of para-hydroxylation sites is 1. The van der Waals surface area contributed by atoms with Crippen molar-refractivity contribution in [2.24, 2.45) is 0 Å². The third kappa shape index (κ3) is 6.47. The maximum absolute atomic E-state index is 12.9. The quantitative estimate of drug-likeness (QED) is 0.217. The number of hydrogen-bond acceptors (Lipinski definition) is 4. The zero-order chi connectivity index (χ0) is 24.0. The Balaban J connectivity index is 1.90. The van der Waals surface area contributed by atoms with Crippen LogP contribution in [0, 0.1) is 18.3 Å². The molecule has 1 amide bonds. The molecular weight excluding hydrogens is 616 g/mol. The molecule has 0 saturated heterocycles. The molecule has 0 aliphatic carbocycles. The zero-order valence-corrected chi connectivity index (χ0v) is 22.5. The van der Waals surface area contributed by atoms with Crippen LogP contribution in [-0.4, -0.2) is 13.0 Å². The van der Waals surface area contributed by atoms with Gasteiger partial charge in [-0.3, -0.25) is 4.79 Å². The lowest BCUT2D eigenvalue weighted by Gasteiger charge is -2.14. The third-order valence-electron chi connectivity index (χ3n) is 4.62. The van der Waals surface area contributed by atoms with Crippen LogP contribution >= 0.6 is 47.8 Å². The van der Waals surface area contributed by atoms with Gasteiger partial charge in [-0.1, -0.05) is 40.2 Å². The summed E-state index contributed by atoms with van der Waals surface area (Å²) >= 11 is 10.3. The highest BCUT2D eigenvalue weighted by Crippen LogP contribution is 2.35. The van der Waals surface area contributed by atoms with Crippen molar-refractivity contribution in [3.8, 4) is 17.6 Å². The van der Waals surface area contributed by atoms with Gasteiger partial charge < -0.3 is 14.8 Å². The van der Waals surface area contributed by atoms with E-state index < -0.39 is 5.91 Å². The van der Waals surface area contributed by atoms with Crippen LogP contribution in [0.4, 0.5) is 5.69 Å². The smallest absolute Gasteiger partial charge is 0.266 e. The summed E-state index contributed by atoms with van der Waals surface area (Å²) in [7, 11) is 1.54. The Labute approximate surface area is 217 Å².